The monoisotopic (exact) mass is 512 g/mol. The minimum absolute atomic E-state index is 0.248. The lowest BCUT2D eigenvalue weighted by Crippen LogP contribution is -2.28. The van der Waals surface area contributed by atoms with Crippen molar-refractivity contribution >= 4 is 40.9 Å². The van der Waals surface area contributed by atoms with Crippen LogP contribution in [0.3, 0.4) is 0 Å². The molecule has 0 bridgehead atoms. The lowest BCUT2D eigenvalue weighted by atomic mass is 10.2. The number of ether oxygens (including phenoxy) is 1. The van der Waals surface area contributed by atoms with Crippen molar-refractivity contribution in [2.75, 3.05) is 7.11 Å². The molecule has 0 saturated carbocycles. The zero-order valence-electron chi connectivity index (χ0n) is 18.5. The van der Waals surface area contributed by atoms with E-state index in [4.69, 9.17) is 27.9 Å². The first-order valence-corrected chi connectivity index (χ1v) is 12.2. The molecule has 6 nitrogen and oxygen atoms in total. The molecule has 0 aliphatic heterocycles. The molecule has 3 aromatic carbocycles. The van der Waals surface area contributed by atoms with E-state index in [0.717, 1.165) is 5.56 Å². The number of rotatable bonds is 8. The molecule has 0 spiro atoms. The van der Waals surface area contributed by atoms with Crippen molar-refractivity contribution in [3.8, 4) is 11.4 Å². The Labute approximate surface area is 212 Å². The summed E-state index contributed by atoms with van der Waals surface area (Å²) < 4.78 is 7.09. The first-order chi connectivity index (χ1) is 16.5. The van der Waals surface area contributed by atoms with Gasteiger partial charge in [0, 0.05) is 16.3 Å². The second-order valence-electron chi connectivity index (χ2n) is 7.47. The molecule has 0 radical (unpaired) electrons. The molecule has 1 N–H and O–H groups in total. The molecule has 34 heavy (non-hydrogen) atoms. The first kappa shape index (κ1) is 24.1. The van der Waals surface area contributed by atoms with Crippen molar-refractivity contribution in [3.05, 3.63) is 99.8 Å². The van der Waals surface area contributed by atoms with Gasteiger partial charge in [0.2, 0.25) is 0 Å². The van der Waals surface area contributed by atoms with Gasteiger partial charge in [-0.3, -0.25) is 9.36 Å². The first-order valence-electron chi connectivity index (χ1n) is 10.5. The molecule has 0 aliphatic rings. The molecular weight excluding hydrogens is 491 g/mol. The predicted octanol–water partition coefficient (Wildman–Crippen LogP) is 6.37. The maximum Gasteiger partial charge on any atom is 0.251 e. The van der Waals surface area contributed by atoms with Crippen molar-refractivity contribution in [1.82, 2.24) is 20.1 Å². The van der Waals surface area contributed by atoms with E-state index in [1.54, 1.807) is 43.5 Å². The van der Waals surface area contributed by atoms with Gasteiger partial charge in [-0.05, 0) is 48.9 Å². The molecule has 1 unspecified atom stereocenters. The average Bonchev–Trinajstić information content (AvgIpc) is 3.27. The Morgan fingerprint density at radius 3 is 2.59 bits per heavy atom. The quantitative estimate of drug-likeness (QED) is 0.278. The zero-order chi connectivity index (χ0) is 24.1. The lowest BCUT2D eigenvalue weighted by Gasteiger charge is -2.17. The highest BCUT2D eigenvalue weighted by Gasteiger charge is 2.23. The lowest BCUT2D eigenvalue weighted by molar-refractivity contribution is 0.0937. The van der Waals surface area contributed by atoms with Crippen LogP contribution in [0.5, 0.6) is 5.75 Å². The third kappa shape index (κ3) is 5.55. The third-order valence-corrected chi connectivity index (χ3v) is 6.62. The third-order valence-electron chi connectivity index (χ3n) is 5.09. The summed E-state index contributed by atoms with van der Waals surface area (Å²) in [6.45, 7) is 1.86. The molecule has 0 saturated heterocycles. The summed E-state index contributed by atoms with van der Waals surface area (Å²) in [4.78, 5) is 12.9. The Morgan fingerprint density at radius 1 is 1.06 bits per heavy atom. The number of nitrogens with zero attached hydrogens (tertiary/aromatic N) is 3. The molecule has 1 atom stereocenters. The van der Waals surface area contributed by atoms with Gasteiger partial charge in [-0.2, -0.15) is 0 Å². The van der Waals surface area contributed by atoms with Crippen molar-refractivity contribution in [2.45, 2.75) is 23.9 Å². The summed E-state index contributed by atoms with van der Waals surface area (Å²) in [5.41, 5.74) is 2.33. The number of methoxy groups -OCH3 is 1. The molecule has 9 heteroatoms. The van der Waals surface area contributed by atoms with Gasteiger partial charge in [0.1, 0.15) is 5.75 Å². The van der Waals surface area contributed by atoms with E-state index >= 15 is 0 Å². The minimum atomic E-state index is -0.455. The van der Waals surface area contributed by atoms with Gasteiger partial charge in [-0.25, -0.2) is 0 Å². The number of carbonyl (C=O) groups is 1. The Morgan fingerprint density at radius 2 is 1.85 bits per heavy atom. The molecule has 4 rings (SSSR count). The van der Waals surface area contributed by atoms with E-state index in [9.17, 15) is 4.79 Å². The Hall–Kier alpha value is -3.00. The summed E-state index contributed by atoms with van der Waals surface area (Å²) in [6, 6.07) is 21.9. The van der Waals surface area contributed by atoms with Crippen molar-refractivity contribution < 1.29 is 9.53 Å². The van der Waals surface area contributed by atoms with Crippen LogP contribution in [0.2, 0.25) is 10.0 Å². The van der Waals surface area contributed by atoms with Gasteiger partial charge in [0.05, 0.1) is 23.9 Å². The number of thioether (sulfide) groups is 1. The molecule has 0 aliphatic carbocycles. The number of amides is 1. The minimum Gasteiger partial charge on any atom is -0.497 e. The van der Waals surface area contributed by atoms with Crippen LogP contribution in [0.1, 0.15) is 34.7 Å². The molecule has 1 aromatic heterocycles. The van der Waals surface area contributed by atoms with Crippen LogP contribution >= 0.6 is 35.0 Å². The topological polar surface area (TPSA) is 69.0 Å². The standard InChI is InChI=1S/C25H22Cl2N4O2S/c1-16(28-24(32)18-9-6-10-20(13-18)33-2)23-29-30-25(34-15-17-7-4-3-5-8-17)31(23)22-12-11-19(26)14-21(22)27/h3-14,16H,15H2,1-2H3,(H,28,32). The van der Waals surface area contributed by atoms with Gasteiger partial charge in [0.25, 0.3) is 5.91 Å². The normalized spacial score (nSPS) is 11.8. The van der Waals surface area contributed by atoms with Crippen molar-refractivity contribution in [1.29, 1.82) is 0 Å². The molecule has 1 amide bonds. The van der Waals surface area contributed by atoms with E-state index in [0.29, 0.717) is 43.8 Å². The summed E-state index contributed by atoms with van der Waals surface area (Å²) in [6.07, 6.45) is 0. The van der Waals surface area contributed by atoms with Gasteiger partial charge >= 0.3 is 0 Å². The molecular formula is C25H22Cl2N4O2S. The Balaban J connectivity index is 1.65. The average molecular weight is 513 g/mol. The van der Waals surface area contributed by atoms with Crippen LogP contribution in [0, 0.1) is 0 Å². The smallest absolute Gasteiger partial charge is 0.251 e. The van der Waals surface area contributed by atoms with Crippen LogP contribution in [0.15, 0.2) is 78.0 Å². The molecule has 174 valence electrons. The second-order valence-corrected chi connectivity index (χ2v) is 9.26. The largest absolute Gasteiger partial charge is 0.497 e. The molecule has 0 fully saturated rings. The van der Waals surface area contributed by atoms with Crippen LogP contribution < -0.4 is 10.1 Å². The fourth-order valence-electron chi connectivity index (χ4n) is 3.38. The molecule has 1 heterocycles. The number of carbonyl (C=O) groups excluding carboxylic acids is 1. The summed E-state index contributed by atoms with van der Waals surface area (Å²) in [7, 11) is 1.56. The summed E-state index contributed by atoms with van der Waals surface area (Å²) >= 11 is 14.2. The van der Waals surface area contributed by atoms with Crippen LogP contribution in [-0.2, 0) is 5.75 Å². The maximum absolute atomic E-state index is 12.9. The highest BCUT2D eigenvalue weighted by atomic mass is 35.5. The highest BCUT2D eigenvalue weighted by Crippen LogP contribution is 2.32. The van der Waals surface area contributed by atoms with E-state index in [2.05, 4.69) is 27.6 Å². The number of aromatic nitrogens is 3. The zero-order valence-corrected chi connectivity index (χ0v) is 20.9. The van der Waals surface area contributed by atoms with Gasteiger partial charge in [-0.15, -0.1) is 10.2 Å². The Kier molecular flexibility index (Phi) is 7.77. The van der Waals surface area contributed by atoms with E-state index in [-0.39, 0.29) is 5.91 Å². The summed E-state index contributed by atoms with van der Waals surface area (Å²) in [5.74, 6) is 1.61. The Bertz CT molecular complexity index is 1300. The van der Waals surface area contributed by atoms with Gasteiger partial charge in [-0.1, -0.05) is 71.4 Å². The van der Waals surface area contributed by atoms with Crippen LogP contribution in [0.25, 0.3) is 5.69 Å². The summed E-state index contributed by atoms with van der Waals surface area (Å²) in [5, 5.41) is 13.5. The van der Waals surface area contributed by atoms with E-state index in [1.165, 1.54) is 11.8 Å². The number of nitrogens with one attached hydrogen (secondary N) is 1. The maximum atomic E-state index is 12.9. The van der Waals surface area contributed by atoms with E-state index in [1.807, 2.05) is 35.8 Å². The van der Waals surface area contributed by atoms with Crippen LogP contribution in [-0.4, -0.2) is 27.8 Å². The SMILES string of the molecule is COc1cccc(C(=O)NC(C)c2nnc(SCc3ccccc3)n2-c2ccc(Cl)cc2Cl)c1. The number of hydrogen-bond acceptors (Lipinski definition) is 5. The number of halogens is 2. The second kappa shape index (κ2) is 11.0. The van der Waals surface area contributed by atoms with Gasteiger partial charge in [0.15, 0.2) is 11.0 Å². The fourth-order valence-corrected chi connectivity index (χ4v) is 4.78. The van der Waals surface area contributed by atoms with Crippen molar-refractivity contribution in [2.24, 2.45) is 0 Å². The number of hydrogen-bond donors (Lipinski definition) is 1. The van der Waals surface area contributed by atoms with Gasteiger partial charge < -0.3 is 10.1 Å². The number of benzene rings is 3. The fraction of sp³-hybridized carbons (Fsp3) is 0.160. The van der Waals surface area contributed by atoms with Crippen LogP contribution in [0.4, 0.5) is 0 Å². The van der Waals surface area contributed by atoms with E-state index < -0.39 is 6.04 Å². The molecule has 4 aromatic rings. The van der Waals surface area contributed by atoms with Crippen molar-refractivity contribution in [3.63, 3.8) is 0 Å². The highest BCUT2D eigenvalue weighted by molar-refractivity contribution is 7.98. The predicted molar refractivity (Wildman–Crippen MR) is 136 cm³/mol.